The third-order valence-corrected chi connectivity index (χ3v) is 4.70. The van der Waals surface area contributed by atoms with Gasteiger partial charge in [0.15, 0.2) is 0 Å². The summed E-state index contributed by atoms with van der Waals surface area (Å²) in [5.41, 5.74) is 2.84. The molecule has 3 N–H and O–H groups in total. The molecule has 1 heterocycles. The zero-order valence-electron chi connectivity index (χ0n) is 16.8. The fourth-order valence-electron chi connectivity index (χ4n) is 2.99. The summed E-state index contributed by atoms with van der Waals surface area (Å²) in [4.78, 5) is 40.2. The van der Waals surface area contributed by atoms with E-state index in [1.54, 1.807) is 12.1 Å². The molecule has 0 saturated carbocycles. The van der Waals surface area contributed by atoms with Crippen molar-refractivity contribution in [3.63, 3.8) is 0 Å². The second kappa shape index (κ2) is 10.8. The smallest absolute Gasteiger partial charge is 0.320 e. The molecular weight excluding hydrogens is 394 g/mol. The van der Waals surface area contributed by atoms with Gasteiger partial charge in [0.05, 0.1) is 11.3 Å². The molecule has 0 radical (unpaired) electrons. The van der Waals surface area contributed by atoms with E-state index in [0.717, 1.165) is 16.8 Å². The predicted molar refractivity (Wildman–Crippen MR) is 116 cm³/mol. The number of aliphatic carboxylic acids is 1. The van der Waals surface area contributed by atoms with Gasteiger partial charge in [0, 0.05) is 24.7 Å². The van der Waals surface area contributed by atoms with E-state index in [4.69, 9.17) is 0 Å². The van der Waals surface area contributed by atoms with Gasteiger partial charge in [0.1, 0.15) is 6.04 Å². The monoisotopic (exact) mass is 417 g/mol. The Kier molecular flexibility index (Phi) is 7.61. The number of hydrogen-bond acceptors (Lipinski definition) is 5. The Morgan fingerprint density at radius 1 is 0.903 bits per heavy atom. The number of carboxylic acids is 1. The summed E-state index contributed by atoms with van der Waals surface area (Å²) in [5, 5.41) is 14.6. The van der Waals surface area contributed by atoms with Crippen LogP contribution in [0.1, 0.15) is 28.8 Å². The molecule has 3 aromatic rings. The first-order valence-corrected chi connectivity index (χ1v) is 9.88. The summed E-state index contributed by atoms with van der Waals surface area (Å²) in [5.74, 6) is -2.15. The Labute approximate surface area is 180 Å². The summed E-state index contributed by atoms with van der Waals surface area (Å²) >= 11 is 0. The van der Waals surface area contributed by atoms with E-state index in [2.05, 4.69) is 15.6 Å². The van der Waals surface area contributed by atoms with Gasteiger partial charge in [-0.2, -0.15) is 0 Å². The minimum absolute atomic E-state index is 0.0620. The molecule has 7 heteroatoms. The molecule has 0 bridgehead atoms. The number of nitrogens with zero attached hydrogens (tertiary/aromatic N) is 1. The van der Waals surface area contributed by atoms with E-state index in [1.165, 1.54) is 6.20 Å². The molecule has 31 heavy (non-hydrogen) atoms. The highest BCUT2D eigenvalue weighted by atomic mass is 16.4. The number of rotatable bonds is 9. The number of carbonyl (C=O) groups excluding carboxylic acids is 2. The van der Waals surface area contributed by atoms with Crippen LogP contribution in [-0.2, 0) is 16.1 Å². The minimum atomic E-state index is -1.05. The van der Waals surface area contributed by atoms with Gasteiger partial charge >= 0.3 is 5.97 Å². The van der Waals surface area contributed by atoms with Crippen molar-refractivity contribution < 1.29 is 19.5 Å². The standard InChI is InChI=1S/C24H23N3O4/c28-22(14-13-21(24(30)31)25-15-17-7-3-1-4-8-17)27-23(29)19-11-12-20(26-16-19)18-9-5-2-6-10-18/h1-12,16,21,25H,13-15H2,(H,30,31)(H,27,28,29)/t21-/m0/s1. The first kappa shape index (κ1) is 21.9. The lowest BCUT2D eigenvalue weighted by Gasteiger charge is -2.14. The van der Waals surface area contributed by atoms with Gasteiger partial charge < -0.3 is 10.4 Å². The maximum atomic E-state index is 12.3. The highest BCUT2D eigenvalue weighted by Gasteiger charge is 2.19. The molecule has 0 aliphatic rings. The molecule has 0 saturated heterocycles. The van der Waals surface area contributed by atoms with Crippen molar-refractivity contribution in [1.82, 2.24) is 15.6 Å². The lowest BCUT2D eigenvalue weighted by Crippen LogP contribution is -2.38. The first-order chi connectivity index (χ1) is 15.0. The predicted octanol–water partition coefficient (Wildman–Crippen LogP) is 3.03. The topological polar surface area (TPSA) is 108 Å². The van der Waals surface area contributed by atoms with Crippen LogP contribution in [0.4, 0.5) is 0 Å². The molecule has 0 fully saturated rings. The molecule has 3 rings (SSSR count). The summed E-state index contributed by atoms with van der Waals surface area (Å²) in [6.45, 7) is 0.373. The van der Waals surface area contributed by atoms with Crippen LogP contribution in [-0.4, -0.2) is 33.9 Å². The van der Waals surface area contributed by atoms with Crippen LogP contribution >= 0.6 is 0 Å². The van der Waals surface area contributed by atoms with Gasteiger partial charge in [-0.15, -0.1) is 0 Å². The highest BCUT2D eigenvalue weighted by molar-refractivity contribution is 6.04. The van der Waals surface area contributed by atoms with E-state index in [1.807, 2.05) is 60.7 Å². The molecule has 0 aliphatic heterocycles. The van der Waals surface area contributed by atoms with Gasteiger partial charge in [-0.1, -0.05) is 60.7 Å². The van der Waals surface area contributed by atoms with E-state index in [9.17, 15) is 19.5 Å². The van der Waals surface area contributed by atoms with Crippen molar-refractivity contribution in [2.75, 3.05) is 0 Å². The van der Waals surface area contributed by atoms with Crippen LogP contribution in [0.3, 0.4) is 0 Å². The molecule has 1 aromatic heterocycles. The Hall–Kier alpha value is -3.84. The Balaban J connectivity index is 1.49. The van der Waals surface area contributed by atoms with E-state index < -0.39 is 23.8 Å². The van der Waals surface area contributed by atoms with Gasteiger partial charge in [0.2, 0.25) is 5.91 Å². The molecule has 2 amide bonds. The third-order valence-electron chi connectivity index (χ3n) is 4.70. The molecule has 7 nitrogen and oxygen atoms in total. The van der Waals surface area contributed by atoms with Crippen LogP contribution in [0.2, 0.25) is 0 Å². The van der Waals surface area contributed by atoms with Crippen molar-refractivity contribution >= 4 is 17.8 Å². The molecular formula is C24H23N3O4. The van der Waals surface area contributed by atoms with Crippen LogP contribution in [0.15, 0.2) is 79.0 Å². The molecule has 0 unspecified atom stereocenters. The number of hydrogen-bond donors (Lipinski definition) is 3. The summed E-state index contributed by atoms with van der Waals surface area (Å²) < 4.78 is 0. The number of pyridine rings is 1. The number of amides is 2. The number of aromatic nitrogens is 1. The zero-order valence-corrected chi connectivity index (χ0v) is 16.8. The van der Waals surface area contributed by atoms with Crippen molar-refractivity contribution in [1.29, 1.82) is 0 Å². The molecule has 158 valence electrons. The molecule has 2 aromatic carbocycles. The third kappa shape index (κ3) is 6.58. The fraction of sp³-hybridized carbons (Fsp3) is 0.167. The normalized spacial score (nSPS) is 11.5. The lowest BCUT2D eigenvalue weighted by molar-refractivity contribution is -0.139. The zero-order chi connectivity index (χ0) is 22.1. The molecule has 0 spiro atoms. The largest absolute Gasteiger partial charge is 0.480 e. The number of imide groups is 1. The minimum Gasteiger partial charge on any atom is -0.480 e. The quantitative estimate of drug-likeness (QED) is 0.494. The number of carboxylic acid groups (broad SMARTS) is 1. The van der Waals surface area contributed by atoms with Crippen molar-refractivity contribution in [3.8, 4) is 11.3 Å². The second-order valence-corrected chi connectivity index (χ2v) is 6.97. The fourth-order valence-corrected chi connectivity index (χ4v) is 2.99. The summed E-state index contributed by atoms with van der Waals surface area (Å²) in [6.07, 6.45) is 1.37. The number of benzene rings is 2. The van der Waals surface area contributed by atoms with E-state index in [0.29, 0.717) is 6.54 Å². The van der Waals surface area contributed by atoms with Crippen LogP contribution in [0.25, 0.3) is 11.3 Å². The van der Waals surface area contributed by atoms with Crippen LogP contribution in [0.5, 0.6) is 0 Å². The average Bonchev–Trinajstić information content (AvgIpc) is 2.80. The van der Waals surface area contributed by atoms with Crippen molar-refractivity contribution in [3.05, 3.63) is 90.1 Å². The van der Waals surface area contributed by atoms with Crippen molar-refractivity contribution in [2.45, 2.75) is 25.4 Å². The first-order valence-electron chi connectivity index (χ1n) is 9.88. The Morgan fingerprint density at radius 2 is 1.58 bits per heavy atom. The summed E-state index contributed by atoms with van der Waals surface area (Å²) in [6, 6.07) is 21.3. The Morgan fingerprint density at radius 3 is 2.19 bits per heavy atom. The maximum Gasteiger partial charge on any atom is 0.320 e. The number of carbonyl (C=O) groups is 3. The van der Waals surface area contributed by atoms with Gasteiger partial charge in [-0.25, -0.2) is 0 Å². The lowest BCUT2D eigenvalue weighted by atomic mass is 10.1. The van der Waals surface area contributed by atoms with Crippen molar-refractivity contribution in [2.24, 2.45) is 0 Å². The van der Waals surface area contributed by atoms with Gasteiger partial charge in [-0.3, -0.25) is 24.7 Å². The summed E-state index contributed by atoms with van der Waals surface area (Å²) in [7, 11) is 0. The van der Waals surface area contributed by atoms with Gasteiger partial charge in [0.25, 0.3) is 5.91 Å². The van der Waals surface area contributed by atoms with E-state index in [-0.39, 0.29) is 18.4 Å². The van der Waals surface area contributed by atoms with Crippen LogP contribution < -0.4 is 10.6 Å². The number of nitrogens with one attached hydrogen (secondary N) is 2. The molecule has 0 aliphatic carbocycles. The SMILES string of the molecule is O=C(CC[C@H](NCc1ccccc1)C(=O)O)NC(=O)c1ccc(-c2ccccc2)nc1. The Bertz CT molecular complexity index is 1020. The highest BCUT2D eigenvalue weighted by Crippen LogP contribution is 2.16. The second-order valence-electron chi connectivity index (χ2n) is 6.97. The maximum absolute atomic E-state index is 12.3. The van der Waals surface area contributed by atoms with E-state index >= 15 is 0 Å². The molecule has 1 atom stereocenters. The van der Waals surface area contributed by atoms with Crippen LogP contribution in [0, 0.1) is 0 Å². The van der Waals surface area contributed by atoms with Gasteiger partial charge in [-0.05, 0) is 24.1 Å². The average molecular weight is 417 g/mol.